The van der Waals surface area contributed by atoms with Gasteiger partial charge < -0.3 is 16.2 Å². The van der Waals surface area contributed by atoms with E-state index in [2.05, 4.69) is 0 Å². The molecular weight excluding hydrogens is 330 g/mol. The number of nitrogens with two attached hydrogens (primary N) is 2. The summed E-state index contributed by atoms with van der Waals surface area (Å²) in [5.74, 6) is -0.491. The highest BCUT2D eigenvalue weighted by molar-refractivity contribution is 6.00. The molecule has 126 valence electrons. The molecule has 2 aromatic carbocycles. The summed E-state index contributed by atoms with van der Waals surface area (Å²) < 4.78 is 5.49. The summed E-state index contributed by atoms with van der Waals surface area (Å²) in [6.45, 7) is -0.195. The van der Waals surface area contributed by atoms with Crippen molar-refractivity contribution in [3.8, 4) is 0 Å². The third-order valence-corrected chi connectivity index (χ3v) is 3.82. The number of carbonyl (C=O) groups is 2. The molecule has 4 N–H and O–H groups in total. The fourth-order valence-electron chi connectivity index (χ4n) is 2.85. The third-order valence-electron chi connectivity index (χ3n) is 3.82. The minimum atomic E-state index is -0.587. The molecule has 1 aliphatic heterocycles. The molecule has 0 aliphatic carbocycles. The summed E-state index contributed by atoms with van der Waals surface area (Å²) in [5, 5.41) is 0. The van der Waals surface area contributed by atoms with Crippen molar-refractivity contribution in [2.45, 2.75) is 12.5 Å². The lowest BCUT2D eigenvalue weighted by atomic mass is 10.0. The SMILES string of the molecule is Cl.NCC(=O)OC1Cc2ccccc2N(C(N)=O)c2ccccc21. The number of benzene rings is 2. The Morgan fingerprint density at radius 2 is 1.71 bits per heavy atom. The van der Waals surface area contributed by atoms with Crippen LogP contribution in [-0.4, -0.2) is 18.5 Å². The van der Waals surface area contributed by atoms with E-state index in [1.165, 1.54) is 4.90 Å². The van der Waals surface area contributed by atoms with Crippen LogP contribution in [0.25, 0.3) is 0 Å². The smallest absolute Gasteiger partial charge is 0.323 e. The number of anilines is 2. The predicted molar refractivity (Wildman–Crippen MR) is 93.4 cm³/mol. The van der Waals surface area contributed by atoms with E-state index >= 15 is 0 Å². The van der Waals surface area contributed by atoms with Crippen LogP contribution in [0.15, 0.2) is 48.5 Å². The highest BCUT2D eigenvalue weighted by Crippen LogP contribution is 2.41. The summed E-state index contributed by atoms with van der Waals surface area (Å²) in [4.78, 5) is 25.2. The molecular formula is C17H18ClN3O3. The molecule has 7 heteroatoms. The van der Waals surface area contributed by atoms with Crippen LogP contribution in [0, 0.1) is 0 Å². The van der Waals surface area contributed by atoms with Crippen molar-refractivity contribution >= 4 is 35.8 Å². The van der Waals surface area contributed by atoms with Gasteiger partial charge in [0, 0.05) is 12.0 Å². The van der Waals surface area contributed by atoms with Gasteiger partial charge in [-0.3, -0.25) is 9.69 Å². The Kier molecular flexibility index (Phi) is 5.43. The second-order valence-corrected chi connectivity index (χ2v) is 5.25. The maximum Gasteiger partial charge on any atom is 0.323 e. The molecule has 1 atom stereocenters. The molecule has 0 radical (unpaired) electrons. The number of fused-ring (bicyclic) bond motifs is 2. The monoisotopic (exact) mass is 347 g/mol. The number of rotatable bonds is 2. The van der Waals surface area contributed by atoms with Crippen LogP contribution in [0.2, 0.25) is 0 Å². The van der Waals surface area contributed by atoms with Crippen molar-refractivity contribution in [2.24, 2.45) is 11.5 Å². The first kappa shape index (κ1) is 17.8. The van der Waals surface area contributed by atoms with Gasteiger partial charge in [-0.2, -0.15) is 0 Å². The van der Waals surface area contributed by atoms with Crippen LogP contribution in [0.1, 0.15) is 17.2 Å². The number of para-hydroxylation sites is 2. The van der Waals surface area contributed by atoms with Crippen molar-refractivity contribution in [3.05, 3.63) is 59.7 Å². The van der Waals surface area contributed by atoms with Crippen molar-refractivity contribution < 1.29 is 14.3 Å². The summed E-state index contributed by atoms with van der Waals surface area (Å²) in [6, 6.07) is 14.1. The predicted octanol–water partition coefficient (Wildman–Crippen LogP) is 2.42. The normalized spacial score (nSPS) is 15.4. The minimum absolute atomic E-state index is 0. The Balaban J connectivity index is 0.00000208. The number of urea groups is 1. The average molecular weight is 348 g/mol. The second-order valence-electron chi connectivity index (χ2n) is 5.25. The summed E-state index contributed by atoms with van der Waals surface area (Å²) in [6.07, 6.45) is -0.0735. The van der Waals surface area contributed by atoms with Crippen LogP contribution in [-0.2, 0) is 16.0 Å². The Morgan fingerprint density at radius 1 is 1.08 bits per heavy atom. The zero-order valence-corrected chi connectivity index (χ0v) is 13.7. The number of halogens is 1. The van der Waals surface area contributed by atoms with E-state index in [1.54, 1.807) is 6.07 Å². The summed E-state index contributed by atoms with van der Waals surface area (Å²) in [7, 11) is 0. The van der Waals surface area contributed by atoms with Crippen LogP contribution >= 0.6 is 12.4 Å². The van der Waals surface area contributed by atoms with E-state index in [0.717, 1.165) is 11.1 Å². The van der Waals surface area contributed by atoms with Gasteiger partial charge in [0.05, 0.1) is 17.9 Å². The molecule has 1 unspecified atom stereocenters. The molecule has 6 nitrogen and oxygen atoms in total. The molecule has 2 amide bonds. The van der Waals surface area contributed by atoms with Crippen LogP contribution in [0.4, 0.5) is 16.2 Å². The van der Waals surface area contributed by atoms with Gasteiger partial charge in [0.15, 0.2) is 0 Å². The molecule has 0 fully saturated rings. The van der Waals surface area contributed by atoms with Gasteiger partial charge in [-0.25, -0.2) is 4.79 Å². The number of nitrogens with zero attached hydrogens (tertiary/aromatic N) is 1. The largest absolute Gasteiger partial charge is 0.456 e. The maximum atomic E-state index is 12.0. The molecule has 0 aromatic heterocycles. The second kappa shape index (κ2) is 7.33. The summed E-state index contributed by atoms with van der Waals surface area (Å²) in [5.41, 5.74) is 13.9. The quantitative estimate of drug-likeness (QED) is 0.815. The van der Waals surface area contributed by atoms with E-state index < -0.39 is 18.1 Å². The number of ether oxygens (including phenoxy) is 1. The molecule has 1 heterocycles. The first-order valence-corrected chi connectivity index (χ1v) is 7.27. The van der Waals surface area contributed by atoms with Gasteiger partial charge in [-0.15, -0.1) is 12.4 Å². The first-order chi connectivity index (χ1) is 11.1. The Hall–Kier alpha value is -2.57. The van der Waals surface area contributed by atoms with Crippen molar-refractivity contribution in [3.63, 3.8) is 0 Å². The zero-order valence-electron chi connectivity index (χ0n) is 12.8. The fourth-order valence-corrected chi connectivity index (χ4v) is 2.85. The number of esters is 1. The Morgan fingerprint density at radius 3 is 2.38 bits per heavy atom. The van der Waals surface area contributed by atoms with E-state index in [1.807, 2.05) is 42.5 Å². The average Bonchev–Trinajstić information content (AvgIpc) is 2.69. The number of carbonyl (C=O) groups excluding carboxylic acids is 2. The highest BCUT2D eigenvalue weighted by Gasteiger charge is 2.30. The number of hydrogen-bond donors (Lipinski definition) is 2. The van der Waals surface area contributed by atoms with Crippen molar-refractivity contribution in [2.75, 3.05) is 11.4 Å². The number of primary amides is 1. The standard InChI is InChI=1S/C17H17N3O3.ClH/c18-10-16(21)23-15-9-11-5-1-3-7-13(11)20(17(19)22)14-8-4-2-6-12(14)15;/h1-8,15H,9-10,18H2,(H2,19,22);1H. The van der Waals surface area contributed by atoms with Gasteiger partial charge in [0.1, 0.15) is 6.10 Å². The van der Waals surface area contributed by atoms with Gasteiger partial charge in [-0.1, -0.05) is 36.4 Å². The molecule has 0 saturated carbocycles. The number of amides is 2. The fraction of sp³-hybridized carbons (Fsp3) is 0.176. The van der Waals surface area contributed by atoms with Crippen LogP contribution in [0.5, 0.6) is 0 Å². The first-order valence-electron chi connectivity index (χ1n) is 7.27. The number of hydrogen-bond acceptors (Lipinski definition) is 4. The van der Waals surface area contributed by atoms with Crippen LogP contribution < -0.4 is 16.4 Å². The molecule has 3 rings (SSSR count). The Labute approximate surface area is 145 Å². The molecule has 1 aliphatic rings. The van der Waals surface area contributed by atoms with Gasteiger partial charge in [-0.05, 0) is 17.7 Å². The topological polar surface area (TPSA) is 98.7 Å². The minimum Gasteiger partial charge on any atom is -0.456 e. The highest BCUT2D eigenvalue weighted by atomic mass is 35.5. The molecule has 0 bridgehead atoms. The molecule has 2 aromatic rings. The van der Waals surface area contributed by atoms with E-state index in [-0.39, 0.29) is 19.0 Å². The van der Waals surface area contributed by atoms with E-state index in [4.69, 9.17) is 16.2 Å². The molecule has 24 heavy (non-hydrogen) atoms. The van der Waals surface area contributed by atoms with Crippen molar-refractivity contribution in [1.82, 2.24) is 0 Å². The lowest BCUT2D eigenvalue weighted by Crippen LogP contribution is -2.32. The van der Waals surface area contributed by atoms with Crippen molar-refractivity contribution in [1.29, 1.82) is 0 Å². The van der Waals surface area contributed by atoms with Crippen LogP contribution in [0.3, 0.4) is 0 Å². The maximum absolute atomic E-state index is 12.0. The summed E-state index contributed by atoms with van der Waals surface area (Å²) >= 11 is 0. The third kappa shape index (κ3) is 3.20. The van der Waals surface area contributed by atoms with E-state index in [9.17, 15) is 9.59 Å². The Bertz CT molecular complexity index is 766. The lowest BCUT2D eigenvalue weighted by Gasteiger charge is -2.23. The zero-order chi connectivity index (χ0) is 16.4. The van der Waals surface area contributed by atoms with E-state index in [0.29, 0.717) is 17.8 Å². The molecule has 0 spiro atoms. The van der Waals surface area contributed by atoms with Gasteiger partial charge >= 0.3 is 12.0 Å². The van der Waals surface area contributed by atoms with Gasteiger partial charge in [0.25, 0.3) is 0 Å². The lowest BCUT2D eigenvalue weighted by molar-refractivity contribution is -0.147. The van der Waals surface area contributed by atoms with Gasteiger partial charge in [0.2, 0.25) is 0 Å². The molecule has 0 saturated heterocycles.